The van der Waals surface area contributed by atoms with Gasteiger partial charge in [0.05, 0.1) is 0 Å². The summed E-state index contributed by atoms with van der Waals surface area (Å²) in [5, 5.41) is 0. The Morgan fingerprint density at radius 3 is 2.48 bits per heavy atom. The van der Waals surface area contributed by atoms with E-state index in [4.69, 9.17) is 0 Å². The van der Waals surface area contributed by atoms with Gasteiger partial charge >= 0.3 is 11.8 Å². The first kappa shape index (κ1) is 21.7. The predicted molar refractivity (Wildman–Crippen MR) is 116 cm³/mol. The first-order valence-electron chi connectivity index (χ1n) is 10.5. The summed E-state index contributed by atoms with van der Waals surface area (Å²) in [6, 6.07) is 8.81. The van der Waals surface area contributed by atoms with Gasteiger partial charge in [-0.2, -0.15) is 11.8 Å². The van der Waals surface area contributed by atoms with Gasteiger partial charge in [-0.1, -0.05) is 43.7 Å². The molecule has 2 fully saturated rings. The number of likely N-dealkylation sites (N-methyl/N-ethyl adjacent to an activating group) is 1. The monoisotopic (exact) mass is 417 g/mol. The molecule has 0 N–H and O–H groups in total. The molecular formula is C22H31N3O3S. The van der Waals surface area contributed by atoms with Gasteiger partial charge in [-0.05, 0) is 36.3 Å². The van der Waals surface area contributed by atoms with Crippen LogP contribution in [0.5, 0.6) is 0 Å². The van der Waals surface area contributed by atoms with Gasteiger partial charge in [0, 0.05) is 32.7 Å². The number of thioether (sulfide) groups is 1. The summed E-state index contributed by atoms with van der Waals surface area (Å²) in [6.45, 7) is 3.52. The van der Waals surface area contributed by atoms with Gasteiger partial charge in [0.1, 0.15) is 6.04 Å². The highest BCUT2D eigenvalue weighted by Crippen LogP contribution is 2.29. The van der Waals surface area contributed by atoms with Crippen LogP contribution in [0.4, 0.5) is 0 Å². The minimum atomic E-state index is -0.749. The molecule has 2 aliphatic rings. The molecule has 0 aromatic heterocycles. The molecule has 0 radical (unpaired) electrons. The molecule has 29 heavy (non-hydrogen) atoms. The maximum absolute atomic E-state index is 13.5. The maximum atomic E-state index is 13.5. The van der Waals surface area contributed by atoms with Crippen molar-refractivity contribution in [2.24, 2.45) is 0 Å². The van der Waals surface area contributed by atoms with Gasteiger partial charge in [0.15, 0.2) is 0 Å². The fourth-order valence-corrected chi connectivity index (χ4v) is 5.12. The topological polar surface area (TPSA) is 60.9 Å². The van der Waals surface area contributed by atoms with Crippen molar-refractivity contribution < 1.29 is 14.4 Å². The van der Waals surface area contributed by atoms with Crippen molar-refractivity contribution in [2.45, 2.75) is 44.7 Å². The summed E-state index contributed by atoms with van der Waals surface area (Å²) in [5.74, 6) is 0.936. The van der Waals surface area contributed by atoms with Crippen LogP contribution in [0.1, 0.15) is 44.2 Å². The number of carbonyl (C=O) groups is 3. The summed E-state index contributed by atoms with van der Waals surface area (Å²) >= 11 is 1.92. The molecule has 1 atom stereocenters. The fourth-order valence-electron chi connectivity index (χ4n) is 4.03. The Morgan fingerprint density at radius 2 is 1.83 bits per heavy atom. The Bertz CT molecular complexity index is 721. The zero-order valence-corrected chi connectivity index (χ0v) is 18.2. The van der Waals surface area contributed by atoms with E-state index in [-0.39, 0.29) is 11.9 Å². The van der Waals surface area contributed by atoms with Gasteiger partial charge in [-0.3, -0.25) is 14.4 Å². The number of piperazine rings is 1. The fraction of sp³-hybridized carbons (Fsp3) is 0.591. The van der Waals surface area contributed by atoms with Crippen LogP contribution in [0.15, 0.2) is 30.3 Å². The molecule has 3 rings (SSSR count). The quantitative estimate of drug-likeness (QED) is 0.640. The standard InChI is InChI=1S/C22H31N3O3S/c1-3-4-12-24-13-14-25(22(28)21(24)27)19(17-8-6-5-7-9-17)20(26)23(2)18-10-15-29-16-11-18/h5-9,18-19H,3-4,10-16H2,1-2H3. The van der Waals surface area contributed by atoms with E-state index < -0.39 is 17.9 Å². The van der Waals surface area contributed by atoms with E-state index in [2.05, 4.69) is 6.92 Å². The minimum Gasteiger partial charge on any atom is -0.341 e. The first-order chi connectivity index (χ1) is 14.0. The van der Waals surface area contributed by atoms with Crippen molar-refractivity contribution in [2.75, 3.05) is 38.2 Å². The molecule has 2 aliphatic heterocycles. The summed E-state index contributed by atoms with van der Waals surface area (Å²) in [5.41, 5.74) is 0.762. The van der Waals surface area contributed by atoms with Crippen molar-refractivity contribution in [3.05, 3.63) is 35.9 Å². The Morgan fingerprint density at radius 1 is 1.14 bits per heavy atom. The van der Waals surface area contributed by atoms with E-state index in [0.29, 0.717) is 19.6 Å². The molecule has 7 heteroatoms. The normalized spacial score (nSPS) is 19.4. The van der Waals surface area contributed by atoms with Gasteiger partial charge in [-0.15, -0.1) is 0 Å². The van der Waals surface area contributed by atoms with E-state index in [0.717, 1.165) is 42.8 Å². The minimum absolute atomic E-state index is 0.101. The van der Waals surface area contributed by atoms with Crippen molar-refractivity contribution >= 4 is 29.5 Å². The zero-order valence-electron chi connectivity index (χ0n) is 17.4. The molecule has 0 saturated carbocycles. The second-order valence-corrected chi connectivity index (χ2v) is 8.97. The summed E-state index contributed by atoms with van der Waals surface area (Å²) in [4.78, 5) is 44.1. The third-order valence-corrected chi connectivity index (χ3v) is 6.92. The van der Waals surface area contributed by atoms with Crippen LogP contribution >= 0.6 is 11.8 Å². The summed E-state index contributed by atoms with van der Waals surface area (Å²) < 4.78 is 0. The lowest BCUT2D eigenvalue weighted by Crippen LogP contribution is -2.58. The van der Waals surface area contributed by atoms with E-state index in [1.807, 2.05) is 49.1 Å². The average Bonchev–Trinajstić information content (AvgIpc) is 2.77. The first-order valence-corrected chi connectivity index (χ1v) is 11.7. The molecule has 0 spiro atoms. The maximum Gasteiger partial charge on any atom is 0.313 e. The Kier molecular flexibility index (Phi) is 7.58. The van der Waals surface area contributed by atoms with Crippen LogP contribution < -0.4 is 0 Å². The third kappa shape index (κ3) is 4.94. The highest BCUT2D eigenvalue weighted by atomic mass is 32.2. The number of rotatable bonds is 7. The van der Waals surface area contributed by atoms with Crippen LogP contribution in [-0.4, -0.2) is 76.7 Å². The number of amides is 3. The molecule has 1 aromatic carbocycles. The molecule has 3 amide bonds. The number of benzene rings is 1. The third-order valence-electron chi connectivity index (χ3n) is 5.87. The van der Waals surface area contributed by atoms with Gasteiger partial charge in [0.2, 0.25) is 5.91 Å². The van der Waals surface area contributed by atoms with Crippen LogP contribution in [0.2, 0.25) is 0 Å². The smallest absolute Gasteiger partial charge is 0.313 e. The number of hydrogen-bond acceptors (Lipinski definition) is 4. The number of hydrogen-bond donors (Lipinski definition) is 0. The number of carbonyl (C=O) groups excluding carboxylic acids is 3. The van der Waals surface area contributed by atoms with Gasteiger partial charge in [0.25, 0.3) is 0 Å². The highest BCUT2D eigenvalue weighted by Gasteiger charge is 2.41. The molecule has 6 nitrogen and oxygen atoms in total. The average molecular weight is 418 g/mol. The lowest BCUT2D eigenvalue weighted by molar-refractivity contribution is -0.161. The molecule has 1 aromatic rings. The Hall–Kier alpha value is -2.02. The Balaban J connectivity index is 1.83. The van der Waals surface area contributed by atoms with Crippen LogP contribution in [0, 0.1) is 0 Å². The molecule has 0 bridgehead atoms. The van der Waals surface area contributed by atoms with Crippen molar-refractivity contribution in [3.63, 3.8) is 0 Å². The molecule has 2 heterocycles. The van der Waals surface area contributed by atoms with E-state index >= 15 is 0 Å². The molecular weight excluding hydrogens is 386 g/mol. The molecule has 0 aliphatic carbocycles. The summed E-state index contributed by atoms with van der Waals surface area (Å²) in [7, 11) is 1.84. The summed E-state index contributed by atoms with van der Waals surface area (Å²) in [6.07, 6.45) is 3.78. The largest absolute Gasteiger partial charge is 0.341 e. The zero-order chi connectivity index (χ0) is 20.8. The van der Waals surface area contributed by atoms with E-state index in [1.54, 1.807) is 9.80 Å². The second kappa shape index (κ2) is 10.1. The van der Waals surface area contributed by atoms with Crippen LogP contribution in [0.25, 0.3) is 0 Å². The number of unbranched alkanes of at least 4 members (excludes halogenated alkanes) is 1. The van der Waals surface area contributed by atoms with E-state index in [9.17, 15) is 14.4 Å². The van der Waals surface area contributed by atoms with Crippen LogP contribution in [-0.2, 0) is 14.4 Å². The second-order valence-electron chi connectivity index (χ2n) is 7.75. The number of nitrogens with zero attached hydrogens (tertiary/aromatic N) is 3. The van der Waals surface area contributed by atoms with Gasteiger partial charge < -0.3 is 14.7 Å². The van der Waals surface area contributed by atoms with Crippen molar-refractivity contribution in [3.8, 4) is 0 Å². The SMILES string of the molecule is CCCCN1CCN(C(C(=O)N(C)C2CCSCC2)c2ccccc2)C(=O)C1=O. The lowest BCUT2D eigenvalue weighted by Gasteiger charge is -2.41. The molecule has 2 saturated heterocycles. The Labute approximate surface area is 177 Å². The molecule has 1 unspecified atom stereocenters. The van der Waals surface area contributed by atoms with Crippen molar-refractivity contribution in [1.82, 2.24) is 14.7 Å². The van der Waals surface area contributed by atoms with Gasteiger partial charge in [-0.25, -0.2) is 0 Å². The van der Waals surface area contributed by atoms with Crippen LogP contribution in [0.3, 0.4) is 0 Å². The lowest BCUT2D eigenvalue weighted by atomic mass is 10.0. The van der Waals surface area contributed by atoms with E-state index in [1.165, 1.54) is 4.90 Å². The predicted octanol–water partition coefficient (Wildman–Crippen LogP) is 2.55. The van der Waals surface area contributed by atoms with Crippen molar-refractivity contribution in [1.29, 1.82) is 0 Å². The molecule has 158 valence electrons. The highest BCUT2D eigenvalue weighted by molar-refractivity contribution is 7.99.